The molecule has 1 aliphatic carbocycles. The zero-order valence-electron chi connectivity index (χ0n) is 13.9. The van der Waals surface area contributed by atoms with Gasteiger partial charge in [-0.15, -0.1) is 11.3 Å². The van der Waals surface area contributed by atoms with Crippen LogP contribution in [0.4, 0.5) is 0 Å². The van der Waals surface area contributed by atoms with Crippen LogP contribution in [-0.4, -0.2) is 17.4 Å². The molecule has 2 aromatic carbocycles. The molecule has 1 N–H and O–H groups in total. The van der Waals surface area contributed by atoms with Crippen molar-refractivity contribution in [2.75, 3.05) is 6.54 Å². The summed E-state index contributed by atoms with van der Waals surface area (Å²) in [4.78, 5) is 16.9. The first kappa shape index (κ1) is 16.0. The summed E-state index contributed by atoms with van der Waals surface area (Å²) in [7, 11) is 0. The first-order valence-electron chi connectivity index (χ1n) is 8.64. The normalized spacial score (nSPS) is 18.7. The number of carbonyl (C=O) groups excluding carboxylic acids is 1. The van der Waals surface area contributed by atoms with Crippen molar-refractivity contribution < 1.29 is 4.79 Å². The van der Waals surface area contributed by atoms with E-state index in [2.05, 4.69) is 39.9 Å². The zero-order chi connectivity index (χ0) is 17.1. The third-order valence-electron chi connectivity index (χ3n) is 4.61. The van der Waals surface area contributed by atoms with E-state index >= 15 is 0 Å². The van der Waals surface area contributed by atoms with Gasteiger partial charge in [0.25, 0.3) is 0 Å². The Bertz CT molecular complexity index is 845. The van der Waals surface area contributed by atoms with Crippen LogP contribution < -0.4 is 5.32 Å². The molecule has 25 heavy (non-hydrogen) atoms. The van der Waals surface area contributed by atoms with Gasteiger partial charge in [-0.3, -0.25) is 4.79 Å². The summed E-state index contributed by atoms with van der Waals surface area (Å²) in [6.45, 7) is 0.648. The number of aromatic nitrogens is 1. The Balaban J connectivity index is 1.26. The van der Waals surface area contributed by atoms with Crippen molar-refractivity contribution in [3.8, 4) is 10.6 Å². The molecule has 1 fully saturated rings. The van der Waals surface area contributed by atoms with E-state index in [9.17, 15) is 4.79 Å². The molecule has 3 nitrogen and oxygen atoms in total. The summed E-state index contributed by atoms with van der Waals surface area (Å²) in [6, 6.07) is 20.5. The van der Waals surface area contributed by atoms with Crippen molar-refractivity contribution in [3.05, 3.63) is 77.3 Å². The lowest BCUT2D eigenvalue weighted by atomic mass is 10.1. The van der Waals surface area contributed by atoms with Crippen LogP contribution in [0, 0.1) is 5.92 Å². The Labute approximate surface area is 151 Å². The highest BCUT2D eigenvalue weighted by Gasteiger charge is 2.43. The molecular weight excluding hydrogens is 328 g/mol. The van der Waals surface area contributed by atoms with Crippen molar-refractivity contribution in [2.45, 2.75) is 18.8 Å². The van der Waals surface area contributed by atoms with Gasteiger partial charge in [-0.2, -0.15) is 0 Å². The molecule has 4 rings (SSSR count). The molecule has 1 heterocycles. The second-order valence-corrected chi connectivity index (χ2v) is 7.27. The SMILES string of the molecule is O=C(NCCc1csc(-c2ccccc2)n1)C1CC1c1ccccc1. The Kier molecular flexibility index (Phi) is 4.61. The summed E-state index contributed by atoms with van der Waals surface area (Å²) in [5, 5.41) is 6.18. The minimum absolute atomic E-state index is 0.137. The largest absolute Gasteiger partial charge is 0.355 e. The number of amides is 1. The maximum atomic E-state index is 12.3. The van der Waals surface area contributed by atoms with E-state index in [4.69, 9.17) is 0 Å². The second-order valence-electron chi connectivity index (χ2n) is 6.41. The van der Waals surface area contributed by atoms with Gasteiger partial charge in [0, 0.05) is 29.8 Å². The van der Waals surface area contributed by atoms with E-state index in [1.54, 1.807) is 11.3 Å². The van der Waals surface area contributed by atoms with Crippen molar-refractivity contribution >= 4 is 17.2 Å². The Hall–Kier alpha value is -2.46. The van der Waals surface area contributed by atoms with Gasteiger partial charge in [0.15, 0.2) is 0 Å². The highest BCUT2D eigenvalue weighted by molar-refractivity contribution is 7.13. The summed E-state index contributed by atoms with van der Waals surface area (Å²) >= 11 is 1.65. The quantitative estimate of drug-likeness (QED) is 0.723. The van der Waals surface area contributed by atoms with Gasteiger partial charge in [0.1, 0.15) is 5.01 Å². The first-order valence-corrected chi connectivity index (χ1v) is 9.52. The van der Waals surface area contributed by atoms with E-state index in [-0.39, 0.29) is 11.8 Å². The number of benzene rings is 2. The number of nitrogens with zero attached hydrogens (tertiary/aromatic N) is 1. The zero-order valence-corrected chi connectivity index (χ0v) is 14.7. The van der Waals surface area contributed by atoms with E-state index in [1.807, 2.05) is 36.4 Å². The van der Waals surface area contributed by atoms with Gasteiger partial charge >= 0.3 is 0 Å². The Morgan fingerprint density at radius 3 is 2.56 bits per heavy atom. The molecule has 0 spiro atoms. The van der Waals surface area contributed by atoms with Crippen molar-refractivity contribution in [1.29, 1.82) is 0 Å². The van der Waals surface area contributed by atoms with E-state index in [1.165, 1.54) is 5.56 Å². The number of hydrogen-bond acceptors (Lipinski definition) is 3. The molecule has 2 unspecified atom stereocenters. The third-order valence-corrected chi connectivity index (χ3v) is 5.55. The molecule has 0 aliphatic heterocycles. The molecule has 1 saturated carbocycles. The van der Waals surface area contributed by atoms with Crippen molar-refractivity contribution in [3.63, 3.8) is 0 Å². The second kappa shape index (κ2) is 7.19. The van der Waals surface area contributed by atoms with Crippen molar-refractivity contribution in [2.24, 2.45) is 5.92 Å². The van der Waals surface area contributed by atoms with Crippen LogP contribution in [0.25, 0.3) is 10.6 Å². The third kappa shape index (κ3) is 3.80. The number of nitrogens with one attached hydrogen (secondary N) is 1. The minimum Gasteiger partial charge on any atom is -0.355 e. The molecule has 126 valence electrons. The molecule has 0 bridgehead atoms. The van der Waals surface area contributed by atoms with E-state index in [0.29, 0.717) is 12.5 Å². The number of carbonyl (C=O) groups is 1. The van der Waals surface area contributed by atoms with Gasteiger partial charge in [-0.05, 0) is 17.9 Å². The maximum absolute atomic E-state index is 12.3. The predicted octanol–water partition coefficient (Wildman–Crippen LogP) is 4.27. The average Bonchev–Trinajstić information content (AvgIpc) is 3.34. The molecule has 4 heteroatoms. The van der Waals surface area contributed by atoms with Gasteiger partial charge in [0.2, 0.25) is 5.91 Å². The number of hydrogen-bond donors (Lipinski definition) is 1. The fourth-order valence-electron chi connectivity index (χ4n) is 3.13. The Morgan fingerprint density at radius 2 is 1.80 bits per heavy atom. The van der Waals surface area contributed by atoms with Crippen LogP contribution in [0.2, 0.25) is 0 Å². The number of rotatable bonds is 6. The highest BCUT2D eigenvalue weighted by Crippen LogP contribution is 2.47. The minimum atomic E-state index is 0.137. The molecule has 1 aliphatic rings. The molecule has 0 saturated heterocycles. The topological polar surface area (TPSA) is 42.0 Å². The fraction of sp³-hybridized carbons (Fsp3) is 0.238. The van der Waals surface area contributed by atoms with E-state index < -0.39 is 0 Å². The molecule has 2 atom stereocenters. The van der Waals surface area contributed by atoms with Crippen molar-refractivity contribution in [1.82, 2.24) is 10.3 Å². The summed E-state index contributed by atoms with van der Waals surface area (Å²) in [5.74, 6) is 0.704. The lowest BCUT2D eigenvalue weighted by molar-refractivity contribution is -0.122. The summed E-state index contributed by atoms with van der Waals surface area (Å²) in [5.41, 5.74) is 3.46. The van der Waals surface area contributed by atoms with Crippen LogP contribution >= 0.6 is 11.3 Å². The average molecular weight is 348 g/mol. The highest BCUT2D eigenvalue weighted by atomic mass is 32.1. The number of thiazole rings is 1. The van der Waals surface area contributed by atoms with Crippen LogP contribution in [0.1, 0.15) is 23.6 Å². The van der Waals surface area contributed by atoms with Crippen LogP contribution in [0.3, 0.4) is 0 Å². The van der Waals surface area contributed by atoms with Crippen LogP contribution in [0.15, 0.2) is 66.0 Å². The predicted molar refractivity (Wildman–Crippen MR) is 102 cm³/mol. The molecule has 0 radical (unpaired) electrons. The van der Waals surface area contributed by atoms with Gasteiger partial charge in [-0.1, -0.05) is 60.7 Å². The Morgan fingerprint density at radius 1 is 1.08 bits per heavy atom. The molecule has 3 aromatic rings. The molecule has 1 amide bonds. The van der Waals surface area contributed by atoms with E-state index in [0.717, 1.165) is 29.1 Å². The first-order chi connectivity index (χ1) is 12.3. The summed E-state index contributed by atoms with van der Waals surface area (Å²) in [6.07, 6.45) is 1.74. The monoisotopic (exact) mass is 348 g/mol. The lowest BCUT2D eigenvalue weighted by Crippen LogP contribution is -2.27. The maximum Gasteiger partial charge on any atom is 0.223 e. The van der Waals surface area contributed by atoms with Crippen LogP contribution in [0.5, 0.6) is 0 Å². The van der Waals surface area contributed by atoms with Gasteiger partial charge < -0.3 is 5.32 Å². The fourth-order valence-corrected chi connectivity index (χ4v) is 3.99. The smallest absolute Gasteiger partial charge is 0.223 e. The summed E-state index contributed by atoms with van der Waals surface area (Å²) < 4.78 is 0. The van der Waals surface area contributed by atoms with Crippen LogP contribution in [-0.2, 0) is 11.2 Å². The standard InChI is InChI=1S/C21H20N2OS/c24-20(19-13-18(19)15-7-3-1-4-8-15)22-12-11-17-14-25-21(23-17)16-9-5-2-6-10-16/h1-10,14,18-19H,11-13H2,(H,22,24). The van der Waals surface area contributed by atoms with Gasteiger partial charge in [0.05, 0.1) is 5.69 Å². The molecule has 1 aromatic heterocycles. The molecular formula is C21H20N2OS. The lowest BCUT2D eigenvalue weighted by Gasteiger charge is -2.04. The van der Waals surface area contributed by atoms with Gasteiger partial charge in [-0.25, -0.2) is 4.98 Å².